The van der Waals surface area contributed by atoms with Gasteiger partial charge in [0, 0.05) is 17.2 Å². The highest BCUT2D eigenvalue weighted by molar-refractivity contribution is 5.85. The van der Waals surface area contributed by atoms with Crippen molar-refractivity contribution in [2.75, 3.05) is 7.11 Å². The fourth-order valence-electron chi connectivity index (χ4n) is 1.48. The van der Waals surface area contributed by atoms with Crippen molar-refractivity contribution in [1.82, 2.24) is 0 Å². The van der Waals surface area contributed by atoms with Crippen LogP contribution in [0, 0.1) is 5.82 Å². The molecular weight excluding hydrogens is 205 g/mol. The van der Waals surface area contributed by atoms with Gasteiger partial charge >= 0.3 is 0 Å². The minimum Gasteiger partial charge on any atom is -0.496 e. The molecule has 1 aromatic carbocycles. The van der Waals surface area contributed by atoms with Crippen LogP contribution in [0.5, 0.6) is 5.75 Å². The lowest BCUT2D eigenvalue weighted by atomic mass is 10.0. The normalized spacial score (nSPS) is 17.1. The molecule has 0 spiro atoms. The Bertz CT molecular complexity index is 339. The first-order valence-corrected chi connectivity index (χ1v) is 4.29. The average molecular weight is 218 g/mol. The number of nitrogens with two attached hydrogens (primary N) is 1. The highest BCUT2D eigenvalue weighted by Crippen LogP contribution is 2.46. The Hall–Kier alpha value is -0.800. The van der Waals surface area contributed by atoms with Crippen LogP contribution >= 0.6 is 12.4 Å². The zero-order chi connectivity index (χ0) is 9.47. The monoisotopic (exact) mass is 217 g/mol. The van der Waals surface area contributed by atoms with Crippen LogP contribution in [-0.4, -0.2) is 7.11 Å². The van der Waals surface area contributed by atoms with Gasteiger partial charge in [-0.1, -0.05) is 6.07 Å². The maximum atomic E-state index is 12.8. The summed E-state index contributed by atoms with van der Waals surface area (Å²) in [6, 6.07) is 4.51. The largest absolute Gasteiger partial charge is 0.496 e. The number of halogens is 2. The quantitative estimate of drug-likeness (QED) is 0.825. The molecule has 1 aliphatic rings. The number of hydrogen-bond donors (Lipinski definition) is 1. The molecule has 0 aromatic heterocycles. The van der Waals surface area contributed by atoms with E-state index in [1.54, 1.807) is 6.07 Å². The van der Waals surface area contributed by atoms with Crippen molar-refractivity contribution in [3.8, 4) is 5.75 Å². The molecule has 14 heavy (non-hydrogen) atoms. The Morgan fingerprint density at radius 2 is 2.07 bits per heavy atom. The molecule has 0 saturated heterocycles. The van der Waals surface area contributed by atoms with E-state index in [2.05, 4.69) is 0 Å². The number of benzene rings is 1. The van der Waals surface area contributed by atoms with E-state index in [0.717, 1.165) is 18.4 Å². The van der Waals surface area contributed by atoms with Gasteiger partial charge in [0.2, 0.25) is 0 Å². The zero-order valence-electron chi connectivity index (χ0n) is 7.92. The first-order chi connectivity index (χ1) is 6.15. The SMILES string of the molecule is COc1cc(F)ccc1C1(N)CC1.Cl. The van der Waals surface area contributed by atoms with Gasteiger partial charge in [-0.25, -0.2) is 4.39 Å². The molecule has 1 aliphatic carbocycles. The number of ether oxygens (including phenoxy) is 1. The lowest BCUT2D eigenvalue weighted by Gasteiger charge is -2.13. The van der Waals surface area contributed by atoms with E-state index < -0.39 is 0 Å². The second kappa shape index (κ2) is 3.75. The van der Waals surface area contributed by atoms with Crippen molar-refractivity contribution < 1.29 is 9.13 Å². The topological polar surface area (TPSA) is 35.2 Å². The van der Waals surface area contributed by atoms with Crippen LogP contribution in [0.15, 0.2) is 18.2 Å². The minimum absolute atomic E-state index is 0. The van der Waals surface area contributed by atoms with Gasteiger partial charge in [-0.3, -0.25) is 0 Å². The van der Waals surface area contributed by atoms with Crippen LogP contribution in [0.3, 0.4) is 0 Å². The van der Waals surface area contributed by atoms with Crippen LogP contribution in [0.2, 0.25) is 0 Å². The summed E-state index contributed by atoms with van der Waals surface area (Å²) in [4.78, 5) is 0. The van der Waals surface area contributed by atoms with E-state index in [1.165, 1.54) is 19.2 Å². The minimum atomic E-state index is -0.287. The second-order valence-electron chi connectivity index (χ2n) is 3.50. The highest BCUT2D eigenvalue weighted by Gasteiger charge is 2.42. The van der Waals surface area contributed by atoms with Gasteiger partial charge in [-0.05, 0) is 18.9 Å². The number of methoxy groups -OCH3 is 1. The van der Waals surface area contributed by atoms with Crippen molar-refractivity contribution in [3.05, 3.63) is 29.6 Å². The Morgan fingerprint density at radius 1 is 1.43 bits per heavy atom. The molecule has 2 rings (SSSR count). The van der Waals surface area contributed by atoms with Gasteiger partial charge in [0.05, 0.1) is 7.11 Å². The summed E-state index contributed by atoms with van der Waals surface area (Å²) in [6.45, 7) is 0. The van der Waals surface area contributed by atoms with E-state index in [4.69, 9.17) is 10.5 Å². The van der Waals surface area contributed by atoms with Crippen molar-refractivity contribution in [1.29, 1.82) is 0 Å². The van der Waals surface area contributed by atoms with E-state index in [0.29, 0.717) is 5.75 Å². The van der Waals surface area contributed by atoms with Gasteiger partial charge in [0.1, 0.15) is 11.6 Å². The van der Waals surface area contributed by atoms with E-state index >= 15 is 0 Å². The highest BCUT2D eigenvalue weighted by atomic mass is 35.5. The third-order valence-electron chi connectivity index (χ3n) is 2.49. The molecule has 0 aliphatic heterocycles. The number of hydrogen-bond acceptors (Lipinski definition) is 2. The average Bonchev–Trinajstić information content (AvgIpc) is 2.84. The molecule has 0 heterocycles. The summed E-state index contributed by atoms with van der Waals surface area (Å²) >= 11 is 0. The molecule has 0 atom stereocenters. The second-order valence-corrected chi connectivity index (χ2v) is 3.50. The molecular formula is C10H13ClFNO. The molecule has 0 radical (unpaired) electrons. The summed E-state index contributed by atoms with van der Waals surface area (Å²) in [5, 5.41) is 0. The van der Waals surface area contributed by atoms with Crippen LogP contribution in [0.25, 0.3) is 0 Å². The maximum absolute atomic E-state index is 12.8. The van der Waals surface area contributed by atoms with Gasteiger partial charge in [0.25, 0.3) is 0 Å². The molecule has 0 amide bonds. The summed E-state index contributed by atoms with van der Waals surface area (Å²) in [5.41, 5.74) is 6.64. The van der Waals surface area contributed by atoms with Crippen LogP contribution in [-0.2, 0) is 5.54 Å². The van der Waals surface area contributed by atoms with Crippen molar-refractivity contribution in [2.24, 2.45) is 5.73 Å². The van der Waals surface area contributed by atoms with Gasteiger partial charge in [-0.15, -0.1) is 12.4 Å². The lowest BCUT2D eigenvalue weighted by Crippen LogP contribution is -2.19. The van der Waals surface area contributed by atoms with E-state index in [1.807, 2.05) is 0 Å². The summed E-state index contributed by atoms with van der Waals surface area (Å²) < 4.78 is 17.9. The number of rotatable bonds is 2. The Morgan fingerprint density at radius 3 is 2.57 bits per heavy atom. The predicted octanol–water partition coefficient (Wildman–Crippen LogP) is 2.20. The third-order valence-corrected chi connectivity index (χ3v) is 2.49. The molecule has 1 aromatic rings. The molecule has 78 valence electrons. The summed E-state index contributed by atoms with van der Waals surface area (Å²) in [7, 11) is 1.53. The van der Waals surface area contributed by atoms with Crippen LogP contribution in [0.4, 0.5) is 4.39 Å². The van der Waals surface area contributed by atoms with Gasteiger partial charge < -0.3 is 10.5 Å². The Balaban J connectivity index is 0.000000980. The zero-order valence-corrected chi connectivity index (χ0v) is 8.73. The first kappa shape index (κ1) is 11.3. The van der Waals surface area contributed by atoms with Crippen LogP contribution in [0.1, 0.15) is 18.4 Å². The fourth-order valence-corrected chi connectivity index (χ4v) is 1.48. The van der Waals surface area contributed by atoms with Crippen molar-refractivity contribution >= 4 is 12.4 Å². The molecule has 1 fully saturated rings. The van der Waals surface area contributed by atoms with Crippen molar-refractivity contribution in [3.63, 3.8) is 0 Å². The van der Waals surface area contributed by atoms with Gasteiger partial charge in [0.15, 0.2) is 0 Å². The van der Waals surface area contributed by atoms with Crippen molar-refractivity contribution in [2.45, 2.75) is 18.4 Å². The summed E-state index contributed by atoms with van der Waals surface area (Å²) in [6.07, 6.45) is 1.91. The fraction of sp³-hybridized carbons (Fsp3) is 0.400. The first-order valence-electron chi connectivity index (χ1n) is 4.29. The Labute approximate surface area is 88.7 Å². The summed E-state index contributed by atoms with van der Waals surface area (Å²) in [5.74, 6) is 0.268. The lowest BCUT2D eigenvalue weighted by molar-refractivity contribution is 0.401. The standard InChI is InChI=1S/C10H12FNO.ClH/c1-13-9-6-7(11)2-3-8(9)10(12)4-5-10;/h2-3,6H,4-5,12H2,1H3;1H. The molecule has 2 nitrogen and oxygen atoms in total. The predicted molar refractivity (Wildman–Crippen MR) is 55.3 cm³/mol. The van der Waals surface area contributed by atoms with E-state index in [9.17, 15) is 4.39 Å². The molecule has 2 N–H and O–H groups in total. The van der Waals surface area contributed by atoms with Crippen LogP contribution < -0.4 is 10.5 Å². The van der Waals surface area contributed by atoms with Gasteiger partial charge in [-0.2, -0.15) is 0 Å². The molecule has 0 bridgehead atoms. The Kier molecular flexibility index (Phi) is 3.02. The maximum Gasteiger partial charge on any atom is 0.126 e. The van der Waals surface area contributed by atoms with E-state index in [-0.39, 0.29) is 23.8 Å². The molecule has 1 saturated carbocycles. The molecule has 4 heteroatoms. The third kappa shape index (κ3) is 1.83. The molecule has 0 unspecified atom stereocenters. The smallest absolute Gasteiger partial charge is 0.126 e.